The van der Waals surface area contributed by atoms with Crippen LogP contribution in [0.4, 0.5) is 8.78 Å². The molecule has 1 aliphatic carbocycles. The maximum atomic E-state index is 12.2. The lowest BCUT2D eigenvalue weighted by molar-refractivity contribution is -0.228. The fraction of sp³-hybridized carbons (Fsp3) is 0.833. The quantitative estimate of drug-likeness (QED) is 0.662. The summed E-state index contributed by atoms with van der Waals surface area (Å²) in [5.74, 6) is -4.18. The molecule has 0 aromatic rings. The number of hydrogen-bond acceptors (Lipinski definition) is 2. The Morgan fingerprint density at radius 3 is 2.09 bits per heavy atom. The maximum absolute atomic E-state index is 12.2. The number of aliphatic carboxylic acids is 1. The van der Waals surface area contributed by atoms with Gasteiger partial charge in [-0.3, -0.25) is 0 Å². The van der Waals surface area contributed by atoms with Crippen LogP contribution in [0.1, 0.15) is 12.8 Å². The van der Waals surface area contributed by atoms with Gasteiger partial charge in [0.15, 0.2) is 5.60 Å². The minimum absolute atomic E-state index is 0.716. The Kier molecular flexibility index (Phi) is 1.63. The van der Waals surface area contributed by atoms with Crippen LogP contribution in [0.3, 0.4) is 0 Å². The third-order valence-corrected chi connectivity index (χ3v) is 1.87. The highest BCUT2D eigenvalue weighted by molar-refractivity contribution is 5.79. The molecule has 0 aromatic heterocycles. The van der Waals surface area contributed by atoms with Crippen LogP contribution in [0.5, 0.6) is 0 Å². The lowest BCUT2D eigenvalue weighted by Crippen LogP contribution is -2.58. The van der Waals surface area contributed by atoms with Crippen molar-refractivity contribution in [1.82, 2.24) is 0 Å². The summed E-state index contributed by atoms with van der Waals surface area (Å²) in [6, 6.07) is 0. The van der Waals surface area contributed by atoms with E-state index in [0.29, 0.717) is 0 Å². The molecule has 0 spiro atoms. The Labute approximate surface area is 62.0 Å². The molecular weight excluding hydrogens is 158 g/mol. The van der Waals surface area contributed by atoms with E-state index in [-0.39, 0.29) is 0 Å². The van der Waals surface area contributed by atoms with Crippen LogP contribution in [-0.4, -0.2) is 29.7 Å². The fourth-order valence-corrected chi connectivity index (χ4v) is 1.17. The zero-order chi connectivity index (χ0) is 8.70. The van der Waals surface area contributed by atoms with Crippen molar-refractivity contribution in [2.24, 2.45) is 0 Å². The summed E-state index contributed by atoms with van der Waals surface area (Å²) in [6.07, 6.45) is -1.43. The highest BCUT2D eigenvalue weighted by Gasteiger charge is 2.62. The second-order valence-electron chi connectivity index (χ2n) is 2.71. The van der Waals surface area contributed by atoms with E-state index in [0.717, 1.165) is 7.11 Å². The topological polar surface area (TPSA) is 46.5 Å². The third-order valence-electron chi connectivity index (χ3n) is 1.87. The van der Waals surface area contributed by atoms with E-state index < -0.39 is 30.3 Å². The van der Waals surface area contributed by atoms with Gasteiger partial charge in [-0.25, -0.2) is 13.6 Å². The van der Waals surface area contributed by atoms with Crippen molar-refractivity contribution >= 4 is 5.97 Å². The van der Waals surface area contributed by atoms with Crippen LogP contribution >= 0.6 is 0 Å². The first kappa shape index (κ1) is 8.39. The predicted molar refractivity (Wildman–Crippen MR) is 31.6 cm³/mol. The number of hydrogen-bond donors (Lipinski definition) is 1. The lowest BCUT2D eigenvalue weighted by Gasteiger charge is -2.42. The first-order chi connectivity index (χ1) is 4.92. The van der Waals surface area contributed by atoms with Gasteiger partial charge >= 0.3 is 5.97 Å². The largest absolute Gasteiger partial charge is 0.479 e. The molecule has 5 heteroatoms. The molecule has 1 aliphatic rings. The summed E-state index contributed by atoms with van der Waals surface area (Å²) in [7, 11) is 1.13. The van der Waals surface area contributed by atoms with Crippen molar-refractivity contribution in [3.63, 3.8) is 0 Å². The van der Waals surface area contributed by atoms with Crippen molar-refractivity contribution < 1.29 is 23.4 Å². The van der Waals surface area contributed by atoms with Crippen molar-refractivity contribution in [3.8, 4) is 0 Å². The van der Waals surface area contributed by atoms with Crippen molar-refractivity contribution in [2.45, 2.75) is 24.4 Å². The monoisotopic (exact) mass is 166 g/mol. The molecule has 0 unspecified atom stereocenters. The zero-order valence-electron chi connectivity index (χ0n) is 5.93. The number of carboxylic acids is 1. The van der Waals surface area contributed by atoms with Gasteiger partial charge in [-0.05, 0) is 0 Å². The van der Waals surface area contributed by atoms with Crippen LogP contribution < -0.4 is 0 Å². The molecule has 1 rings (SSSR count). The van der Waals surface area contributed by atoms with Crippen LogP contribution in [0, 0.1) is 0 Å². The molecule has 0 bridgehead atoms. The molecule has 0 aliphatic heterocycles. The molecule has 1 fully saturated rings. The SMILES string of the molecule is COC1(C(=O)O)CC(F)(F)C1. The van der Waals surface area contributed by atoms with Gasteiger partial charge in [0.05, 0.1) is 12.8 Å². The average molecular weight is 166 g/mol. The Morgan fingerprint density at radius 1 is 1.55 bits per heavy atom. The van der Waals surface area contributed by atoms with Crippen molar-refractivity contribution in [1.29, 1.82) is 0 Å². The second-order valence-corrected chi connectivity index (χ2v) is 2.71. The molecule has 1 N–H and O–H groups in total. The number of halogens is 2. The summed E-state index contributed by atoms with van der Waals surface area (Å²) >= 11 is 0. The molecule has 64 valence electrons. The molecule has 0 radical (unpaired) electrons. The van der Waals surface area contributed by atoms with E-state index in [2.05, 4.69) is 4.74 Å². The van der Waals surface area contributed by atoms with Gasteiger partial charge in [0.2, 0.25) is 0 Å². The van der Waals surface area contributed by atoms with Crippen molar-refractivity contribution in [2.75, 3.05) is 7.11 Å². The van der Waals surface area contributed by atoms with Gasteiger partial charge < -0.3 is 9.84 Å². The van der Waals surface area contributed by atoms with Crippen molar-refractivity contribution in [3.05, 3.63) is 0 Å². The molecule has 3 nitrogen and oxygen atoms in total. The second kappa shape index (κ2) is 2.14. The van der Waals surface area contributed by atoms with Gasteiger partial charge in [-0.15, -0.1) is 0 Å². The van der Waals surface area contributed by atoms with Crippen LogP contribution in [0.15, 0.2) is 0 Å². The maximum Gasteiger partial charge on any atom is 0.336 e. The smallest absolute Gasteiger partial charge is 0.336 e. The van der Waals surface area contributed by atoms with E-state index in [4.69, 9.17) is 5.11 Å². The van der Waals surface area contributed by atoms with Crippen LogP contribution in [0.2, 0.25) is 0 Å². The Balaban J connectivity index is 2.64. The standard InChI is InChI=1S/C6H8F2O3/c1-11-5(4(9)10)2-6(7,8)3-5/h2-3H2,1H3,(H,9,10). The van der Waals surface area contributed by atoms with E-state index in [1.807, 2.05) is 0 Å². The number of alkyl halides is 2. The number of carboxylic acid groups (broad SMARTS) is 1. The summed E-state index contributed by atoms with van der Waals surface area (Å²) in [5, 5.41) is 8.46. The normalized spacial score (nSPS) is 25.7. The number of methoxy groups -OCH3 is 1. The van der Waals surface area contributed by atoms with E-state index in [9.17, 15) is 13.6 Å². The number of carbonyl (C=O) groups is 1. The first-order valence-electron chi connectivity index (χ1n) is 3.08. The Morgan fingerprint density at radius 2 is 2.00 bits per heavy atom. The fourth-order valence-electron chi connectivity index (χ4n) is 1.17. The highest BCUT2D eigenvalue weighted by Crippen LogP contribution is 2.47. The van der Waals surface area contributed by atoms with E-state index >= 15 is 0 Å². The predicted octanol–water partition coefficient (Wildman–Crippen LogP) is 0.885. The molecular formula is C6H8F2O3. The molecule has 0 amide bonds. The van der Waals surface area contributed by atoms with Gasteiger partial charge in [0.1, 0.15) is 0 Å². The molecule has 0 saturated heterocycles. The Hall–Kier alpha value is -0.710. The average Bonchev–Trinajstić information content (AvgIpc) is 1.81. The summed E-state index contributed by atoms with van der Waals surface area (Å²) in [4.78, 5) is 10.4. The highest BCUT2D eigenvalue weighted by atomic mass is 19.3. The number of rotatable bonds is 2. The summed E-state index contributed by atoms with van der Waals surface area (Å²) in [5.41, 5.74) is -1.64. The zero-order valence-corrected chi connectivity index (χ0v) is 5.93. The van der Waals surface area contributed by atoms with Gasteiger partial charge in [-0.2, -0.15) is 0 Å². The molecule has 11 heavy (non-hydrogen) atoms. The van der Waals surface area contributed by atoms with Gasteiger partial charge in [0, 0.05) is 7.11 Å². The van der Waals surface area contributed by atoms with Crippen LogP contribution in [0.25, 0.3) is 0 Å². The van der Waals surface area contributed by atoms with Gasteiger partial charge in [0.25, 0.3) is 5.92 Å². The summed E-state index contributed by atoms with van der Waals surface area (Å²) < 4.78 is 29.0. The molecule has 0 atom stereocenters. The minimum atomic E-state index is -2.87. The van der Waals surface area contributed by atoms with Crippen LogP contribution in [-0.2, 0) is 9.53 Å². The Bertz CT molecular complexity index is 182. The molecule has 1 saturated carbocycles. The molecule has 0 heterocycles. The van der Waals surface area contributed by atoms with E-state index in [1.54, 1.807) is 0 Å². The first-order valence-corrected chi connectivity index (χ1v) is 3.08. The van der Waals surface area contributed by atoms with Gasteiger partial charge in [-0.1, -0.05) is 0 Å². The minimum Gasteiger partial charge on any atom is -0.479 e. The lowest BCUT2D eigenvalue weighted by atomic mass is 9.76. The molecule has 0 aromatic carbocycles. The number of ether oxygens (including phenoxy) is 1. The van der Waals surface area contributed by atoms with E-state index in [1.165, 1.54) is 0 Å². The summed E-state index contributed by atoms with van der Waals surface area (Å²) in [6.45, 7) is 0. The third kappa shape index (κ3) is 1.20.